The van der Waals surface area contributed by atoms with E-state index < -0.39 is 0 Å². The highest BCUT2D eigenvalue weighted by molar-refractivity contribution is 7.98. The SMILES string of the molecule is Fc1cccc(Cl)c1CSc1nnc(-c2cnccn2)o1. The van der Waals surface area contributed by atoms with Gasteiger partial charge in [-0.3, -0.25) is 4.98 Å². The highest BCUT2D eigenvalue weighted by Crippen LogP contribution is 2.28. The van der Waals surface area contributed by atoms with E-state index in [1.54, 1.807) is 18.3 Å². The van der Waals surface area contributed by atoms with Crippen molar-refractivity contribution in [2.45, 2.75) is 11.0 Å². The molecule has 2 heterocycles. The molecule has 0 atom stereocenters. The molecule has 0 aliphatic rings. The zero-order valence-corrected chi connectivity index (χ0v) is 12.1. The number of halogens is 2. The molecule has 0 amide bonds. The quantitative estimate of drug-likeness (QED) is 0.684. The number of hydrogen-bond donors (Lipinski definition) is 0. The van der Waals surface area contributed by atoms with Crippen LogP contribution >= 0.6 is 23.4 Å². The molecule has 0 saturated carbocycles. The van der Waals surface area contributed by atoms with Gasteiger partial charge in [-0.25, -0.2) is 9.37 Å². The third-order valence-electron chi connectivity index (χ3n) is 2.59. The van der Waals surface area contributed by atoms with Crippen LogP contribution in [0.25, 0.3) is 11.6 Å². The molecule has 0 aliphatic heterocycles. The molecule has 106 valence electrons. The van der Waals surface area contributed by atoms with Crippen LogP contribution in [0, 0.1) is 5.82 Å². The summed E-state index contributed by atoms with van der Waals surface area (Å²) in [6.07, 6.45) is 4.61. The van der Waals surface area contributed by atoms with Crippen molar-refractivity contribution < 1.29 is 8.81 Å². The molecule has 0 spiro atoms. The number of thioether (sulfide) groups is 1. The zero-order chi connectivity index (χ0) is 14.7. The van der Waals surface area contributed by atoms with Crippen LogP contribution in [0.5, 0.6) is 0 Å². The fourth-order valence-electron chi connectivity index (χ4n) is 1.59. The van der Waals surface area contributed by atoms with E-state index in [1.807, 2.05) is 0 Å². The Bertz CT molecular complexity index is 733. The Hall–Kier alpha value is -1.99. The lowest BCUT2D eigenvalue weighted by molar-refractivity contribution is 0.464. The van der Waals surface area contributed by atoms with Gasteiger partial charge in [-0.15, -0.1) is 10.2 Å². The van der Waals surface area contributed by atoms with Crippen molar-refractivity contribution in [1.29, 1.82) is 0 Å². The lowest BCUT2D eigenvalue weighted by Gasteiger charge is -2.02. The van der Waals surface area contributed by atoms with E-state index in [4.69, 9.17) is 16.0 Å². The minimum Gasteiger partial charge on any atom is -0.410 e. The van der Waals surface area contributed by atoms with Gasteiger partial charge in [-0.2, -0.15) is 0 Å². The van der Waals surface area contributed by atoms with Gasteiger partial charge in [0.25, 0.3) is 11.1 Å². The average molecular weight is 323 g/mol. The van der Waals surface area contributed by atoms with Crippen LogP contribution in [-0.4, -0.2) is 20.2 Å². The largest absolute Gasteiger partial charge is 0.410 e. The Morgan fingerprint density at radius 1 is 1.24 bits per heavy atom. The van der Waals surface area contributed by atoms with Gasteiger partial charge in [0.2, 0.25) is 0 Å². The van der Waals surface area contributed by atoms with Crippen molar-refractivity contribution in [2.24, 2.45) is 0 Å². The van der Waals surface area contributed by atoms with Crippen molar-refractivity contribution in [3.63, 3.8) is 0 Å². The summed E-state index contributed by atoms with van der Waals surface area (Å²) in [5.41, 5.74) is 0.893. The third kappa shape index (κ3) is 3.20. The van der Waals surface area contributed by atoms with E-state index in [9.17, 15) is 4.39 Å². The Kier molecular flexibility index (Phi) is 4.12. The van der Waals surface area contributed by atoms with Crippen molar-refractivity contribution in [1.82, 2.24) is 20.2 Å². The molecular weight excluding hydrogens is 315 g/mol. The van der Waals surface area contributed by atoms with Gasteiger partial charge >= 0.3 is 0 Å². The maximum Gasteiger partial charge on any atom is 0.277 e. The molecule has 5 nitrogen and oxygen atoms in total. The summed E-state index contributed by atoms with van der Waals surface area (Å²) in [7, 11) is 0. The summed E-state index contributed by atoms with van der Waals surface area (Å²) in [4.78, 5) is 7.98. The first-order valence-corrected chi connectivity index (χ1v) is 7.26. The lowest BCUT2D eigenvalue weighted by Crippen LogP contribution is -1.88. The second kappa shape index (κ2) is 6.19. The van der Waals surface area contributed by atoms with Gasteiger partial charge in [0.1, 0.15) is 11.5 Å². The van der Waals surface area contributed by atoms with Crippen LogP contribution < -0.4 is 0 Å². The van der Waals surface area contributed by atoms with Crippen molar-refractivity contribution >= 4 is 23.4 Å². The molecular formula is C13H8ClFN4OS. The van der Waals surface area contributed by atoms with E-state index in [0.29, 0.717) is 27.3 Å². The second-order valence-electron chi connectivity index (χ2n) is 3.95. The zero-order valence-electron chi connectivity index (χ0n) is 10.5. The summed E-state index contributed by atoms with van der Waals surface area (Å²) in [6.45, 7) is 0. The average Bonchev–Trinajstić information content (AvgIpc) is 2.97. The van der Waals surface area contributed by atoms with Crippen LogP contribution in [0.2, 0.25) is 5.02 Å². The molecule has 3 rings (SSSR count). The predicted octanol–water partition coefficient (Wildman–Crippen LogP) is 3.61. The number of aromatic nitrogens is 4. The number of hydrogen-bond acceptors (Lipinski definition) is 6. The standard InChI is InChI=1S/C13H8ClFN4OS/c14-9-2-1-3-10(15)8(9)7-21-13-19-18-12(20-13)11-6-16-4-5-17-11/h1-6H,7H2. The van der Waals surface area contributed by atoms with Crippen LogP contribution in [0.4, 0.5) is 4.39 Å². The van der Waals surface area contributed by atoms with E-state index in [-0.39, 0.29) is 11.7 Å². The molecule has 3 aromatic rings. The third-order valence-corrected chi connectivity index (χ3v) is 3.79. The Balaban J connectivity index is 1.74. The van der Waals surface area contributed by atoms with E-state index in [0.717, 1.165) is 0 Å². The highest BCUT2D eigenvalue weighted by Gasteiger charge is 2.13. The number of benzene rings is 1. The van der Waals surface area contributed by atoms with Gasteiger partial charge in [-0.05, 0) is 12.1 Å². The van der Waals surface area contributed by atoms with Gasteiger partial charge in [0.05, 0.1) is 6.20 Å². The summed E-state index contributed by atoms with van der Waals surface area (Å²) in [6, 6.07) is 4.56. The Labute approximate surface area is 128 Å². The molecule has 1 aromatic carbocycles. The minimum absolute atomic E-state index is 0.269. The first-order valence-electron chi connectivity index (χ1n) is 5.89. The van der Waals surface area contributed by atoms with Gasteiger partial charge in [0, 0.05) is 28.7 Å². The van der Waals surface area contributed by atoms with Crippen LogP contribution in [0.15, 0.2) is 46.4 Å². The molecule has 21 heavy (non-hydrogen) atoms. The molecule has 2 aromatic heterocycles. The Morgan fingerprint density at radius 2 is 2.14 bits per heavy atom. The number of rotatable bonds is 4. The molecule has 0 N–H and O–H groups in total. The first kappa shape index (κ1) is 14.0. The van der Waals surface area contributed by atoms with E-state index >= 15 is 0 Å². The summed E-state index contributed by atoms with van der Waals surface area (Å²) in [5.74, 6) is 0.210. The molecule has 0 aliphatic carbocycles. The molecule has 0 bridgehead atoms. The Morgan fingerprint density at radius 3 is 2.90 bits per heavy atom. The predicted molar refractivity (Wildman–Crippen MR) is 76.3 cm³/mol. The van der Waals surface area contributed by atoms with E-state index in [2.05, 4.69) is 20.2 Å². The fraction of sp³-hybridized carbons (Fsp3) is 0.0769. The van der Waals surface area contributed by atoms with Crippen molar-refractivity contribution in [2.75, 3.05) is 0 Å². The van der Waals surface area contributed by atoms with Gasteiger partial charge in [-0.1, -0.05) is 29.4 Å². The molecule has 0 fully saturated rings. The smallest absolute Gasteiger partial charge is 0.277 e. The van der Waals surface area contributed by atoms with Crippen molar-refractivity contribution in [3.05, 3.63) is 53.2 Å². The minimum atomic E-state index is -0.358. The first-order chi connectivity index (χ1) is 10.2. The summed E-state index contributed by atoms with van der Waals surface area (Å²) >= 11 is 7.16. The fourth-order valence-corrected chi connectivity index (χ4v) is 2.69. The van der Waals surface area contributed by atoms with Gasteiger partial charge < -0.3 is 4.42 Å². The lowest BCUT2D eigenvalue weighted by atomic mass is 10.2. The topological polar surface area (TPSA) is 64.7 Å². The second-order valence-corrected chi connectivity index (χ2v) is 5.29. The molecule has 0 radical (unpaired) electrons. The normalized spacial score (nSPS) is 10.8. The maximum absolute atomic E-state index is 13.6. The highest BCUT2D eigenvalue weighted by atomic mass is 35.5. The van der Waals surface area contributed by atoms with E-state index in [1.165, 1.54) is 30.2 Å². The van der Waals surface area contributed by atoms with Crippen LogP contribution in [0.1, 0.15) is 5.56 Å². The van der Waals surface area contributed by atoms with Gasteiger partial charge in [0.15, 0.2) is 0 Å². The summed E-state index contributed by atoms with van der Waals surface area (Å²) < 4.78 is 19.1. The maximum atomic E-state index is 13.6. The monoisotopic (exact) mass is 322 g/mol. The molecule has 0 unspecified atom stereocenters. The number of nitrogens with zero attached hydrogens (tertiary/aromatic N) is 4. The van der Waals surface area contributed by atoms with Crippen molar-refractivity contribution in [3.8, 4) is 11.6 Å². The molecule has 0 saturated heterocycles. The van der Waals surface area contributed by atoms with Crippen LogP contribution in [0.3, 0.4) is 0 Å². The molecule has 8 heteroatoms. The van der Waals surface area contributed by atoms with Crippen LogP contribution in [-0.2, 0) is 5.75 Å². The summed E-state index contributed by atoms with van der Waals surface area (Å²) in [5, 5.41) is 8.44.